The van der Waals surface area contributed by atoms with E-state index in [0.29, 0.717) is 13.0 Å². The molecule has 0 aromatic heterocycles. The third-order valence-electron chi connectivity index (χ3n) is 3.78. The number of nitrogens with zero attached hydrogens (tertiary/aromatic N) is 2. The van der Waals surface area contributed by atoms with Gasteiger partial charge in [-0.15, -0.1) is 0 Å². The maximum Gasteiger partial charge on any atom is 0.329 e. The van der Waals surface area contributed by atoms with Crippen LogP contribution in [0.25, 0.3) is 0 Å². The second-order valence-electron chi connectivity index (χ2n) is 5.06. The Balaban J connectivity index is 2.42. The van der Waals surface area contributed by atoms with Gasteiger partial charge >= 0.3 is 5.97 Å². The molecular weight excluding hydrogens is 248 g/mol. The van der Waals surface area contributed by atoms with Crippen molar-refractivity contribution in [1.29, 1.82) is 0 Å². The summed E-state index contributed by atoms with van der Waals surface area (Å²) in [4.78, 5) is 23.5. The highest BCUT2D eigenvalue weighted by Crippen LogP contribution is 2.36. The van der Waals surface area contributed by atoms with E-state index < -0.39 is 16.4 Å². The molecule has 1 aliphatic heterocycles. The van der Waals surface area contributed by atoms with Gasteiger partial charge in [0.25, 0.3) is 5.69 Å². The normalized spacial score (nSPS) is 22.5. The van der Waals surface area contributed by atoms with Crippen molar-refractivity contribution in [2.45, 2.75) is 32.2 Å². The third kappa shape index (κ3) is 2.14. The molecule has 1 aliphatic rings. The molecule has 19 heavy (non-hydrogen) atoms. The number of carboxylic acid groups (broad SMARTS) is 1. The fraction of sp³-hybridized carbons (Fsp3) is 0.462. The van der Waals surface area contributed by atoms with Crippen molar-refractivity contribution in [2.75, 3.05) is 11.4 Å². The molecule has 2 rings (SSSR count). The molecule has 1 N–H and O–H groups in total. The van der Waals surface area contributed by atoms with Crippen LogP contribution in [0.4, 0.5) is 11.4 Å². The standard InChI is InChI=1S/C13H16N2O4/c1-9-8-10(15(18)19)4-5-11(9)14-7-3-6-13(14,2)12(16)17/h4-5,8H,3,6-7H2,1-2H3,(H,16,17). The van der Waals surface area contributed by atoms with Crippen molar-refractivity contribution < 1.29 is 14.8 Å². The Hall–Kier alpha value is -2.11. The minimum absolute atomic E-state index is 0.0254. The van der Waals surface area contributed by atoms with Crippen LogP contribution < -0.4 is 4.90 Å². The Morgan fingerprint density at radius 3 is 2.74 bits per heavy atom. The lowest BCUT2D eigenvalue weighted by Gasteiger charge is -2.34. The molecule has 0 aliphatic carbocycles. The number of rotatable bonds is 3. The first-order valence-electron chi connectivity index (χ1n) is 6.12. The molecule has 1 heterocycles. The number of benzene rings is 1. The van der Waals surface area contributed by atoms with Crippen LogP contribution in [-0.4, -0.2) is 28.1 Å². The van der Waals surface area contributed by atoms with Crippen LogP contribution in [0.3, 0.4) is 0 Å². The van der Waals surface area contributed by atoms with Crippen LogP contribution in [0.15, 0.2) is 18.2 Å². The maximum atomic E-state index is 11.4. The van der Waals surface area contributed by atoms with E-state index in [9.17, 15) is 20.0 Å². The number of nitro groups is 1. The number of nitro benzene ring substituents is 1. The van der Waals surface area contributed by atoms with Crippen molar-refractivity contribution in [1.82, 2.24) is 0 Å². The molecule has 0 saturated carbocycles. The summed E-state index contributed by atoms with van der Waals surface area (Å²) < 4.78 is 0. The minimum Gasteiger partial charge on any atom is -0.480 e. The monoisotopic (exact) mass is 264 g/mol. The Labute approximate surface area is 110 Å². The van der Waals surface area contributed by atoms with Crippen molar-refractivity contribution in [3.8, 4) is 0 Å². The largest absolute Gasteiger partial charge is 0.480 e. The van der Waals surface area contributed by atoms with Crippen LogP contribution in [-0.2, 0) is 4.79 Å². The van der Waals surface area contributed by atoms with E-state index >= 15 is 0 Å². The number of hydrogen-bond acceptors (Lipinski definition) is 4. The summed E-state index contributed by atoms with van der Waals surface area (Å²) in [5.74, 6) is -0.859. The average Bonchev–Trinajstić information content (AvgIpc) is 2.72. The molecular formula is C13H16N2O4. The van der Waals surface area contributed by atoms with Crippen LogP contribution in [0, 0.1) is 17.0 Å². The predicted octanol–water partition coefficient (Wildman–Crippen LogP) is 2.35. The number of hydrogen-bond donors (Lipinski definition) is 1. The molecule has 6 nitrogen and oxygen atoms in total. The third-order valence-corrected chi connectivity index (χ3v) is 3.78. The predicted molar refractivity (Wildman–Crippen MR) is 70.5 cm³/mol. The van der Waals surface area contributed by atoms with E-state index in [-0.39, 0.29) is 5.69 Å². The molecule has 0 radical (unpaired) electrons. The highest BCUT2D eigenvalue weighted by molar-refractivity contribution is 5.84. The first kappa shape index (κ1) is 13.3. The van der Waals surface area contributed by atoms with Gasteiger partial charge < -0.3 is 10.0 Å². The molecule has 1 saturated heterocycles. The average molecular weight is 264 g/mol. The van der Waals surface area contributed by atoms with E-state index in [1.165, 1.54) is 12.1 Å². The van der Waals surface area contributed by atoms with Crippen LogP contribution in [0.2, 0.25) is 0 Å². The topological polar surface area (TPSA) is 83.7 Å². The van der Waals surface area contributed by atoms with E-state index in [0.717, 1.165) is 17.7 Å². The molecule has 6 heteroatoms. The molecule has 0 bridgehead atoms. The number of aliphatic carboxylic acids is 1. The lowest BCUT2D eigenvalue weighted by Crippen LogP contribution is -2.48. The first-order chi connectivity index (χ1) is 8.86. The maximum absolute atomic E-state index is 11.4. The highest BCUT2D eigenvalue weighted by atomic mass is 16.6. The Kier molecular flexibility index (Phi) is 3.18. The summed E-state index contributed by atoms with van der Waals surface area (Å²) in [7, 11) is 0. The van der Waals surface area contributed by atoms with Gasteiger partial charge in [-0.05, 0) is 38.3 Å². The molecule has 1 fully saturated rings. The van der Waals surface area contributed by atoms with E-state index in [2.05, 4.69) is 0 Å². The summed E-state index contributed by atoms with van der Waals surface area (Å²) in [5.41, 5.74) is 0.579. The zero-order chi connectivity index (χ0) is 14.2. The van der Waals surface area contributed by atoms with Crippen LogP contribution in [0.1, 0.15) is 25.3 Å². The van der Waals surface area contributed by atoms with Gasteiger partial charge in [-0.25, -0.2) is 4.79 Å². The second-order valence-corrected chi connectivity index (χ2v) is 5.06. The van der Waals surface area contributed by atoms with Gasteiger partial charge in [0.1, 0.15) is 5.54 Å². The Bertz CT molecular complexity index is 543. The summed E-state index contributed by atoms with van der Waals surface area (Å²) >= 11 is 0. The van der Waals surface area contributed by atoms with Gasteiger partial charge in [0, 0.05) is 24.4 Å². The first-order valence-corrected chi connectivity index (χ1v) is 6.12. The summed E-state index contributed by atoms with van der Waals surface area (Å²) in [6, 6.07) is 4.54. The summed E-state index contributed by atoms with van der Waals surface area (Å²) in [6.07, 6.45) is 1.39. The van der Waals surface area contributed by atoms with Crippen LogP contribution >= 0.6 is 0 Å². The van der Waals surface area contributed by atoms with Crippen molar-refractivity contribution in [3.05, 3.63) is 33.9 Å². The fourth-order valence-corrected chi connectivity index (χ4v) is 2.63. The zero-order valence-corrected chi connectivity index (χ0v) is 10.9. The van der Waals surface area contributed by atoms with E-state index in [1.807, 2.05) is 4.90 Å². The van der Waals surface area contributed by atoms with Gasteiger partial charge in [0.2, 0.25) is 0 Å². The number of aryl methyl sites for hydroxylation is 1. The lowest BCUT2D eigenvalue weighted by atomic mass is 9.98. The molecule has 1 aromatic carbocycles. The van der Waals surface area contributed by atoms with E-state index in [4.69, 9.17) is 0 Å². The lowest BCUT2D eigenvalue weighted by molar-refractivity contribution is -0.384. The molecule has 0 amide bonds. The Morgan fingerprint density at radius 2 is 2.21 bits per heavy atom. The number of carboxylic acids is 1. The van der Waals surface area contributed by atoms with Gasteiger partial charge in [-0.2, -0.15) is 0 Å². The Morgan fingerprint density at radius 1 is 1.53 bits per heavy atom. The molecule has 1 unspecified atom stereocenters. The van der Waals surface area contributed by atoms with Crippen molar-refractivity contribution in [2.24, 2.45) is 0 Å². The molecule has 1 atom stereocenters. The zero-order valence-electron chi connectivity index (χ0n) is 10.9. The SMILES string of the molecule is Cc1cc([N+](=O)[O-])ccc1N1CCCC1(C)C(=O)O. The van der Waals surface area contributed by atoms with Gasteiger partial charge in [-0.1, -0.05) is 0 Å². The quantitative estimate of drug-likeness (QED) is 0.669. The van der Waals surface area contributed by atoms with Crippen molar-refractivity contribution >= 4 is 17.3 Å². The number of carbonyl (C=O) groups is 1. The summed E-state index contributed by atoms with van der Waals surface area (Å²) in [6.45, 7) is 4.12. The second kappa shape index (κ2) is 4.53. The molecule has 1 aromatic rings. The van der Waals surface area contributed by atoms with Crippen LogP contribution in [0.5, 0.6) is 0 Å². The van der Waals surface area contributed by atoms with Gasteiger partial charge in [0.15, 0.2) is 0 Å². The van der Waals surface area contributed by atoms with Gasteiger partial charge in [0.05, 0.1) is 4.92 Å². The summed E-state index contributed by atoms with van der Waals surface area (Å²) in [5, 5.41) is 20.1. The van der Waals surface area contributed by atoms with Crippen molar-refractivity contribution in [3.63, 3.8) is 0 Å². The van der Waals surface area contributed by atoms with Gasteiger partial charge in [-0.3, -0.25) is 10.1 Å². The highest BCUT2D eigenvalue weighted by Gasteiger charge is 2.43. The smallest absolute Gasteiger partial charge is 0.329 e. The fourth-order valence-electron chi connectivity index (χ4n) is 2.63. The minimum atomic E-state index is -0.930. The molecule has 0 spiro atoms. The number of anilines is 1. The molecule has 102 valence electrons. The van der Waals surface area contributed by atoms with E-state index in [1.54, 1.807) is 19.9 Å². The number of non-ortho nitro benzene ring substituents is 1.